The number of rotatable bonds is 11. The molecule has 0 unspecified atom stereocenters. The third-order valence-corrected chi connectivity index (χ3v) is 15.6. The predicted molar refractivity (Wildman–Crippen MR) is 400 cm³/mol. The van der Waals surface area contributed by atoms with Crippen LogP contribution < -0.4 is 4.74 Å². The van der Waals surface area contributed by atoms with Crippen LogP contribution in [0.15, 0.2) is 194 Å². The first kappa shape index (κ1) is 96.5. The van der Waals surface area contributed by atoms with Crippen molar-refractivity contribution in [3.8, 4) is 11.5 Å². The summed E-state index contributed by atoms with van der Waals surface area (Å²) in [6.07, 6.45) is 12.6. The van der Waals surface area contributed by atoms with Gasteiger partial charge in [-0.2, -0.15) is 0 Å². The van der Waals surface area contributed by atoms with Gasteiger partial charge in [-0.05, 0) is 218 Å². The van der Waals surface area contributed by atoms with Gasteiger partial charge in [0.15, 0.2) is 0 Å². The maximum absolute atomic E-state index is 5.72. The van der Waals surface area contributed by atoms with Gasteiger partial charge in [0.1, 0.15) is 11.5 Å². The van der Waals surface area contributed by atoms with E-state index in [1.54, 1.807) is 35.3 Å². The Hall–Kier alpha value is -4.69. The van der Waals surface area contributed by atoms with Crippen LogP contribution in [0.1, 0.15) is 161 Å². The molecular weight excluding hydrogens is 1090 g/mol. The van der Waals surface area contributed by atoms with Crippen LogP contribution in [0, 0.1) is 62.3 Å². The molecule has 0 atom stereocenters. The van der Waals surface area contributed by atoms with E-state index in [-0.39, 0.29) is 89.1 Å². The number of ether oxygens (including phenoxy) is 1. The summed E-state index contributed by atoms with van der Waals surface area (Å²) in [7, 11) is 0. The van der Waals surface area contributed by atoms with E-state index in [2.05, 4.69) is 227 Å². The minimum atomic E-state index is 0. The SMILES string of the molecule is C.C.C.C.C.C.C.C.C.C.C.C.CSc1cc(C)c(C)cc1C.CSc1ccc(C)cc1C.CSc1ccc(C)cc1Cc1ccc(C)cc1.CSc1ccc(Cc2ccc(C)cc2)cc1.CSc1ccc(Oc2ccc(C)cc2)cc1. The van der Waals surface area contributed by atoms with Crippen molar-refractivity contribution in [1.29, 1.82) is 0 Å². The summed E-state index contributed by atoms with van der Waals surface area (Å²) in [5, 5.41) is 0. The van der Waals surface area contributed by atoms with Crippen molar-refractivity contribution in [1.82, 2.24) is 0 Å². The fraction of sp³-hybridized carbons (Fsp3) is 0.368. The summed E-state index contributed by atoms with van der Waals surface area (Å²) in [6.45, 7) is 19.2. The summed E-state index contributed by atoms with van der Waals surface area (Å²) >= 11 is 8.96. The number of hydrogen-bond donors (Lipinski definition) is 0. The second-order valence-electron chi connectivity index (χ2n) is 17.5. The fourth-order valence-corrected chi connectivity index (χ4v) is 9.90. The zero-order valence-corrected chi connectivity index (χ0v) is 48.1. The molecule has 0 aliphatic carbocycles. The third-order valence-electron chi connectivity index (χ3n) is 11.5. The standard InChI is InChI=1S/C16H18S.C15H16S.C14H14OS.C10H14S.C9H12S.12CH4/c1-12-4-7-14(8-5-12)11-15-10-13(2)6-9-16(15)17-3;1-12-3-5-13(6-4-12)11-14-7-9-15(16-2)10-8-14;1-11-3-5-12(6-4-11)15-13-7-9-14(16-2)10-8-13;1-7-5-9(3)10(11-4)6-8(7)2;1-7-4-5-9(10-3)8(2)6-7;;;;;;;;;;;;/h4-10H,11H2,1-3H3;3-10H,11H2,1-2H3;3-10H,1-2H3;5-6H,1-4H3;4-6H,1-3H3;12*1H4. The molecule has 0 radical (unpaired) electrons. The molecule has 462 valence electrons. The molecule has 8 rings (SSSR count). The van der Waals surface area contributed by atoms with E-state index in [4.69, 9.17) is 4.74 Å². The van der Waals surface area contributed by atoms with E-state index < -0.39 is 0 Å². The molecule has 0 N–H and O–H groups in total. The Morgan fingerprint density at radius 2 is 0.561 bits per heavy atom. The van der Waals surface area contributed by atoms with Gasteiger partial charge in [-0.1, -0.05) is 220 Å². The quantitative estimate of drug-likeness (QED) is 0.119. The van der Waals surface area contributed by atoms with E-state index in [1.165, 1.54) is 96.8 Å². The van der Waals surface area contributed by atoms with Crippen LogP contribution in [0.5, 0.6) is 11.5 Å². The van der Waals surface area contributed by atoms with Crippen LogP contribution in [0.3, 0.4) is 0 Å². The molecule has 0 bridgehead atoms. The van der Waals surface area contributed by atoms with Crippen LogP contribution >= 0.6 is 58.8 Å². The molecule has 0 spiro atoms. The highest BCUT2D eigenvalue weighted by Gasteiger charge is 2.04. The van der Waals surface area contributed by atoms with Gasteiger partial charge in [0.05, 0.1) is 0 Å². The van der Waals surface area contributed by atoms with Crippen LogP contribution in [-0.4, -0.2) is 31.3 Å². The molecule has 82 heavy (non-hydrogen) atoms. The summed E-state index contributed by atoms with van der Waals surface area (Å²) < 4.78 is 5.72. The molecule has 8 aromatic carbocycles. The maximum atomic E-state index is 5.72. The smallest absolute Gasteiger partial charge is 0.127 e. The fourth-order valence-electron chi connectivity index (χ4n) is 7.22. The minimum Gasteiger partial charge on any atom is -0.457 e. The van der Waals surface area contributed by atoms with Crippen LogP contribution in [0.25, 0.3) is 0 Å². The monoisotopic (exact) mass is 1210 g/mol. The molecule has 8 aromatic rings. The topological polar surface area (TPSA) is 9.23 Å². The third kappa shape index (κ3) is 34.8. The van der Waals surface area contributed by atoms with Crippen molar-refractivity contribution in [2.45, 2.75) is 189 Å². The number of hydrogen-bond acceptors (Lipinski definition) is 6. The van der Waals surface area contributed by atoms with Gasteiger partial charge < -0.3 is 4.74 Å². The van der Waals surface area contributed by atoms with E-state index in [1.807, 2.05) is 59.9 Å². The number of benzene rings is 8. The lowest BCUT2D eigenvalue weighted by atomic mass is 10.0. The molecule has 0 fully saturated rings. The van der Waals surface area contributed by atoms with Gasteiger partial charge in [0.25, 0.3) is 0 Å². The Kier molecular flexibility index (Phi) is 61.1. The zero-order valence-electron chi connectivity index (χ0n) is 44.0. The van der Waals surface area contributed by atoms with E-state index >= 15 is 0 Å². The zero-order chi connectivity index (χ0) is 51.0. The summed E-state index contributed by atoms with van der Waals surface area (Å²) in [4.78, 5) is 6.73. The summed E-state index contributed by atoms with van der Waals surface area (Å²) in [5.74, 6) is 1.75. The number of aryl methyl sites for hydroxylation is 9. The van der Waals surface area contributed by atoms with E-state index in [0.29, 0.717) is 0 Å². The maximum Gasteiger partial charge on any atom is 0.127 e. The Morgan fingerprint density at radius 1 is 0.256 bits per heavy atom. The molecule has 6 heteroatoms. The molecule has 0 heterocycles. The lowest BCUT2D eigenvalue weighted by molar-refractivity contribution is 0.482. The normalized spacial score (nSPS) is 8.76. The molecule has 0 saturated heterocycles. The van der Waals surface area contributed by atoms with Crippen molar-refractivity contribution < 1.29 is 4.74 Å². The van der Waals surface area contributed by atoms with Gasteiger partial charge in [-0.25, -0.2) is 0 Å². The van der Waals surface area contributed by atoms with E-state index in [0.717, 1.165) is 24.3 Å². The van der Waals surface area contributed by atoms with Crippen LogP contribution in [-0.2, 0) is 12.8 Å². The highest BCUT2D eigenvalue weighted by atomic mass is 32.2. The van der Waals surface area contributed by atoms with Crippen molar-refractivity contribution in [2.24, 2.45) is 0 Å². The largest absolute Gasteiger partial charge is 0.457 e. The van der Waals surface area contributed by atoms with Gasteiger partial charge >= 0.3 is 0 Å². The molecule has 1 nitrogen and oxygen atoms in total. The summed E-state index contributed by atoms with van der Waals surface area (Å²) in [6, 6.07) is 60.3. The number of thioether (sulfide) groups is 5. The highest BCUT2D eigenvalue weighted by Crippen LogP contribution is 2.27. The Morgan fingerprint density at radius 3 is 0.951 bits per heavy atom. The lowest BCUT2D eigenvalue weighted by Crippen LogP contribution is -1.92. The average Bonchev–Trinajstić information content (AvgIpc) is 3.36. The Labute approximate surface area is 533 Å². The summed E-state index contributed by atoms with van der Waals surface area (Å²) in [5.41, 5.74) is 17.7. The van der Waals surface area contributed by atoms with E-state index in [9.17, 15) is 0 Å². The predicted octanol–water partition coefficient (Wildman–Crippen LogP) is 27.4. The molecular formula is C76H122OS5. The van der Waals surface area contributed by atoms with Crippen molar-refractivity contribution >= 4 is 58.8 Å². The first-order valence-corrected chi connectivity index (χ1v) is 29.7. The second-order valence-corrected chi connectivity index (χ2v) is 21.8. The van der Waals surface area contributed by atoms with Crippen molar-refractivity contribution in [3.05, 3.63) is 242 Å². The van der Waals surface area contributed by atoms with Crippen LogP contribution in [0.4, 0.5) is 0 Å². The molecule has 0 amide bonds. The molecule has 0 saturated carbocycles. The Balaban J connectivity index is -0.000000113. The van der Waals surface area contributed by atoms with Crippen molar-refractivity contribution in [3.63, 3.8) is 0 Å². The Bertz CT molecular complexity index is 2670. The minimum absolute atomic E-state index is 0. The highest BCUT2D eigenvalue weighted by molar-refractivity contribution is 7.99. The lowest BCUT2D eigenvalue weighted by Gasteiger charge is -2.09. The van der Waals surface area contributed by atoms with Gasteiger partial charge in [-0.3, -0.25) is 0 Å². The molecule has 0 aliphatic heterocycles. The van der Waals surface area contributed by atoms with Gasteiger partial charge in [-0.15, -0.1) is 58.8 Å². The molecule has 0 aromatic heterocycles. The molecule has 0 aliphatic rings. The van der Waals surface area contributed by atoms with Crippen LogP contribution in [0.2, 0.25) is 0 Å². The average molecular weight is 1210 g/mol. The van der Waals surface area contributed by atoms with Gasteiger partial charge in [0.2, 0.25) is 0 Å². The van der Waals surface area contributed by atoms with Crippen molar-refractivity contribution in [2.75, 3.05) is 31.3 Å². The second kappa shape index (κ2) is 51.9. The van der Waals surface area contributed by atoms with Gasteiger partial charge in [0, 0.05) is 24.5 Å². The first-order valence-electron chi connectivity index (χ1n) is 23.6. The first-order chi connectivity index (χ1) is 33.6.